The van der Waals surface area contributed by atoms with Crippen molar-refractivity contribution in [1.29, 1.82) is 5.26 Å². The van der Waals surface area contributed by atoms with Gasteiger partial charge in [-0.25, -0.2) is 0 Å². The number of rotatable bonds is 7. The Labute approximate surface area is 158 Å². The largest absolute Gasteiger partial charge is 0.372 e. The molecule has 0 fully saturated rings. The highest BCUT2D eigenvalue weighted by atomic mass is 15.3. The number of hydrogen-bond acceptors (Lipinski definition) is 7. The van der Waals surface area contributed by atoms with Crippen LogP contribution in [0.2, 0.25) is 0 Å². The summed E-state index contributed by atoms with van der Waals surface area (Å²) in [5, 5.41) is 23.2. The molecule has 3 aromatic rings. The third kappa shape index (κ3) is 4.70. The third-order valence-corrected chi connectivity index (χ3v) is 4.10. The molecule has 0 aliphatic carbocycles. The van der Waals surface area contributed by atoms with Crippen LogP contribution in [0, 0.1) is 11.3 Å². The zero-order valence-electron chi connectivity index (χ0n) is 15.3. The Morgan fingerprint density at radius 2 is 1.56 bits per heavy atom. The van der Waals surface area contributed by atoms with E-state index in [-0.39, 0.29) is 0 Å². The van der Waals surface area contributed by atoms with E-state index in [1.165, 1.54) is 5.69 Å². The zero-order valence-corrected chi connectivity index (χ0v) is 15.3. The van der Waals surface area contributed by atoms with Crippen LogP contribution in [-0.2, 0) is 0 Å². The predicted octanol–water partition coefficient (Wildman–Crippen LogP) is 4.08. The van der Waals surface area contributed by atoms with Gasteiger partial charge in [-0.3, -0.25) is 0 Å². The number of anilines is 5. The van der Waals surface area contributed by atoms with Gasteiger partial charge in [0, 0.05) is 30.2 Å². The molecule has 2 N–H and O–H groups in total. The summed E-state index contributed by atoms with van der Waals surface area (Å²) in [5.41, 5.74) is 3.50. The lowest BCUT2D eigenvalue weighted by atomic mass is 10.2. The molecule has 0 bridgehead atoms. The third-order valence-electron chi connectivity index (χ3n) is 4.10. The SMILES string of the molecule is CCN(CC)c1ccc(Nc2nncc(Nc3ccc(C#N)cc3)n2)cc1. The maximum atomic E-state index is 8.86. The van der Waals surface area contributed by atoms with Crippen molar-refractivity contribution in [3.05, 3.63) is 60.3 Å². The van der Waals surface area contributed by atoms with Crippen LogP contribution >= 0.6 is 0 Å². The number of nitrogens with zero attached hydrogens (tertiary/aromatic N) is 5. The Morgan fingerprint density at radius 3 is 2.19 bits per heavy atom. The van der Waals surface area contributed by atoms with Gasteiger partial charge < -0.3 is 15.5 Å². The monoisotopic (exact) mass is 359 g/mol. The second-order valence-electron chi connectivity index (χ2n) is 5.82. The maximum Gasteiger partial charge on any atom is 0.249 e. The van der Waals surface area contributed by atoms with Gasteiger partial charge in [-0.2, -0.15) is 15.3 Å². The van der Waals surface area contributed by atoms with Gasteiger partial charge in [0.15, 0.2) is 5.82 Å². The van der Waals surface area contributed by atoms with Crippen LogP contribution in [-0.4, -0.2) is 28.3 Å². The first-order valence-electron chi connectivity index (χ1n) is 8.80. The van der Waals surface area contributed by atoms with Gasteiger partial charge >= 0.3 is 0 Å². The maximum absolute atomic E-state index is 8.86. The average Bonchev–Trinajstić information content (AvgIpc) is 2.71. The Kier molecular flexibility index (Phi) is 5.80. The molecule has 0 amide bonds. The van der Waals surface area contributed by atoms with Gasteiger partial charge in [-0.15, -0.1) is 5.10 Å². The fourth-order valence-electron chi connectivity index (χ4n) is 2.67. The topological polar surface area (TPSA) is 89.8 Å². The Hall–Kier alpha value is -3.66. The Balaban J connectivity index is 1.69. The van der Waals surface area contributed by atoms with Crippen LogP contribution < -0.4 is 15.5 Å². The first kappa shape index (κ1) is 18.1. The summed E-state index contributed by atoms with van der Waals surface area (Å²) in [6.07, 6.45) is 1.55. The van der Waals surface area contributed by atoms with Gasteiger partial charge in [0.1, 0.15) is 0 Å². The summed E-state index contributed by atoms with van der Waals surface area (Å²) >= 11 is 0. The van der Waals surface area contributed by atoms with Crippen LogP contribution in [0.5, 0.6) is 0 Å². The van der Waals surface area contributed by atoms with Crippen molar-refractivity contribution in [2.45, 2.75) is 13.8 Å². The summed E-state index contributed by atoms with van der Waals surface area (Å²) in [5.74, 6) is 0.973. The average molecular weight is 359 g/mol. The lowest BCUT2D eigenvalue weighted by molar-refractivity contribution is 0.866. The van der Waals surface area contributed by atoms with Crippen molar-refractivity contribution in [3.63, 3.8) is 0 Å². The van der Waals surface area contributed by atoms with Gasteiger partial charge in [0.05, 0.1) is 17.8 Å². The Bertz CT molecular complexity index is 910. The van der Waals surface area contributed by atoms with E-state index in [4.69, 9.17) is 5.26 Å². The van der Waals surface area contributed by atoms with E-state index in [9.17, 15) is 0 Å². The van der Waals surface area contributed by atoms with Gasteiger partial charge in [0.25, 0.3) is 0 Å². The molecule has 7 nitrogen and oxygen atoms in total. The van der Waals surface area contributed by atoms with Crippen molar-refractivity contribution in [2.75, 3.05) is 28.6 Å². The molecule has 0 radical (unpaired) electrons. The van der Waals surface area contributed by atoms with E-state index in [0.29, 0.717) is 17.3 Å². The lowest BCUT2D eigenvalue weighted by Crippen LogP contribution is -2.21. The van der Waals surface area contributed by atoms with E-state index in [0.717, 1.165) is 24.5 Å². The number of nitriles is 1. The van der Waals surface area contributed by atoms with E-state index in [1.807, 2.05) is 24.3 Å². The number of aromatic nitrogens is 3. The molecule has 0 aliphatic heterocycles. The molecule has 136 valence electrons. The minimum absolute atomic E-state index is 0.407. The van der Waals surface area contributed by atoms with Crippen LogP contribution in [0.15, 0.2) is 54.7 Å². The number of hydrogen-bond donors (Lipinski definition) is 2. The molecule has 0 saturated carbocycles. The summed E-state index contributed by atoms with van der Waals surface area (Å²) < 4.78 is 0. The number of nitrogens with one attached hydrogen (secondary N) is 2. The highest BCUT2D eigenvalue weighted by molar-refractivity contribution is 5.61. The van der Waals surface area contributed by atoms with Crippen molar-refractivity contribution >= 4 is 28.8 Å². The number of benzene rings is 2. The Morgan fingerprint density at radius 1 is 0.926 bits per heavy atom. The van der Waals surface area contributed by atoms with E-state index in [2.05, 4.69) is 62.8 Å². The molecule has 7 heteroatoms. The summed E-state index contributed by atoms with van der Waals surface area (Å²) in [4.78, 5) is 6.71. The minimum Gasteiger partial charge on any atom is -0.372 e. The second-order valence-corrected chi connectivity index (χ2v) is 5.82. The molecule has 1 aromatic heterocycles. The quantitative estimate of drug-likeness (QED) is 0.657. The first-order chi connectivity index (χ1) is 13.2. The molecule has 1 heterocycles. The van der Waals surface area contributed by atoms with E-state index in [1.54, 1.807) is 18.3 Å². The molecule has 3 rings (SSSR count). The minimum atomic E-state index is 0.407. The van der Waals surface area contributed by atoms with Crippen molar-refractivity contribution in [1.82, 2.24) is 15.2 Å². The standard InChI is InChI=1S/C20H21N7/c1-3-27(4-2)18-11-9-17(10-12-18)24-20-25-19(14-22-26-20)23-16-7-5-15(13-21)6-8-16/h5-12,14H,3-4H2,1-2H3,(H2,23,24,25,26). The normalized spacial score (nSPS) is 10.1. The summed E-state index contributed by atoms with van der Waals surface area (Å²) in [6.45, 7) is 6.22. The molecule has 2 aromatic carbocycles. The van der Waals surface area contributed by atoms with E-state index >= 15 is 0 Å². The van der Waals surface area contributed by atoms with Gasteiger partial charge in [-0.1, -0.05) is 0 Å². The van der Waals surface area contributed by atoms with Gasteiger partial charge in [0.2, 0.25) is 5.95 Å². The zero-order chi connectivity index (χ0) is 19.1. The second kappa shape index (κ2) is 8.63. The molecule has 0 atom stereocenters. The lowest BCUT2D eigenvalue weighted by Gasteiger charge is -2.21. The first-order valence-corrected chi connectivity index (χ1v) is 8.80. The predicted molar refractivity (Wildman–Crippen MR) is 108 cm³/mol. The molecule has 27 heavy (non-hydrogen) atoms. The fraction of sp³-hybridized carbons (Fsp3) is 0.200. The van der Waals surface area contributed by atoms with Crippen molar-refractivity contribution < 1.29 is 0 Å². The van der Waals surface area contributed by atoms with Crippen LogP contribution in [0.4, 0.5) is 28.8 Å². The van der Waals surface area contributed by atoms with Crippen LogP contribution in [0.1, 0.15) is 19.4 Å². The highest BCUT2D eigenvalue weighted by Crippen LogP contribution is 2.20. The smallest absolute Gasteiger partial charge is 0.249 e. The highest BCUT2D eigenvalue weighted by Gasteiger charge is 2.04. The van der Waals surface area contributed by atoms with E-state index < -0.39 is 0 Å². The summed E-state index contributed by atoms with van der Waals surface area (Å²) in [6, 6.07) is 17.4. The molecular weight excluding hydrogens is 338 g/mol. The molecule has 0 saturated heterocycles. The van der Waals surface area contributed by atoms with Crippen LogP contribution in [0.25, 0.3) is 0 Å². The van der Waals surface area contributed by atoms with Crippen LogP contribution in [0.3, 0.4) is 0 Å². The van der Waals surface area contributed by atoms with Crippen molar-refractivity contribution in [2.24, 2.45) is 0 Å². The van der Waals surface area contributed by atoms with Gasteiger partial charge in [-0.05, 0) is 62.4 Å². The molecule has 0 aliphatic rings. The van der Waals surface area contributed by atoms with Crippen molar-refractivity contribution in [3.8, 4) is 6.07 Å². The molecule has 0 spiro atoms. The fourth-order valence-corrected chi connectivity index (χ4v) is 2.67. The molecule has 0 unspecified atom stereocenters. The molecular formula is C20H21N7. The summed E-state index contributed by atoms with van der Waals surface area (Å²) in [7, 11) is 0.